The molecule has 1 aromatic carbocycles. The molecule has 7 heteroatoms. The smallest absolute Gasteiger partial charge is 0.243 e. The van der Waals surface area contributed by atoms with Gasteiger partial charge in [-0.3, -0.25) is 9.59 Å². The number of carbonyl (C=O) groups excluding carboxylic acids is 2. The van der Waals surface area contributed by atoms with Gasteiger partial charge in [0, 0.05) is 31.5 Å². The van der Waals surface area contributed by atoms with Crippen LogP contribution >= 0.6 is 0 Å². The van der Waals surface area contributed by atoms with Crippen molar-refractivity contribution in [1.82, 2.24) is 4.90 Å². The van der Waals surface area contributed by atoms with Crippen LogP contribution < -0.4 is 15.8 Å². The van der Waals surface area contributed by atoms with Crippen molar-refractivity contribution in [3.05, 3.63) is 24.3 Å². The minimum Gasteiger partial charge on any atom is -0.497 e. The Bertz CT molecular complexity index is 585. The summed E-state index contributed by atoms with van der Waals surface area (Å²) in [5, 5.41) is 2.77. The van der Waals surface area contributed by atoms with E-state index in [1.165, 1.54) is 4.90 Å². The van der Waals surface area contributed by atoms with Crippen molar-refractivity contribution in [2.45, 2.75) is 25.3 Å². The SMILES string of the molecule is CCN(CC(=O)Nc1cccc(OC)c1)C(=O)C1(N)CCOCC1. The van der Waals surface area contributed by atoms with Gasteiger partial charge in [-0.1, -0.05) is 6.07 Å². The third kappa shape index (κ3) is 4.46. The number of anilines is 1. The molecule has 0 spiro atoms. The number of nitrogens with two attached hydrogens (primary N) is 1. The van der Waals surface area contributed by atoms with Gasteiger partial charge in [-0.25, -0.2) is 0 Å². The fraction of sp³-hybridized carbons (Fsp3) is 0.529. The van der Waals surface area contributed by atoms with Gasteiger partial charge >= 0.3 is 0 Å². The molecule has 0 aliphatic carbocycles. The minimum atomic E-state index is -0.940. The van der Waals surface area contributed by atoms with Crippen molar-refractivity contribution in [2.75, 3.05) is 38.7 Å². The number of benzene rings is 1. The van der Waals surface area contributed by atoms with Crippen LogP contribution in [0.5, 0.6) is 5.75 Å². The molecule has 0 radical (unpaired) electrons. The van der Waals surface area contributed by atoms with Crippen LogP contribution in [0.25, 0.3) is 0 Å². The number of hydrogen-bond donors (Lipinski definition) is 2. The molecule has 24 heavy (non-hydrogen) atoms. The van der Waals surface area contributed by atoms with Crippen LogP contribution in [0.4, 0.5) is 5.69 Å². The summed E-state index contributed by atoms with van der Waals surface area (Å²) in [6.45, 7) is 3.15. The number of ether oxygens (including phenoxy) is 2. The molecule has 132 valence electrons. The highest BCUT2D eigenvalue weighted by atomic mass is 16.5. The number of nitrogens with zero attached hydrogens (tertiary/aromatic N) is 1. The van der Waals surface area contributed by atoms with Gasteiger partial charge in [0.15, 0.2) is 0 Å². The average Bonchev–Trinajstić information content (AvgIpc) is 2.60. The largest absolute Gasteiger partial charge is 0.497 e. The van der Waals surface area contributed by atoms with E-state index >= 15 is 0 Å². The molecule has 0 saturated carbocycles. The van der Waals surface area contributed by atoms with Crippen LogP contribution in [0.1, 0.15) is 19.8 Å². The molecule has 0 aromatic heterocycles. The molecule has 0 atom stereocenters. The number of hydrogen-bond acceptors (Lipinski definition) is 5. The van der Waals surface area contributed by atoms with Crippen LogP contribution in [-0.2, 0) is 14.3 Å². The number of rotatable bonds is 6. The summed E-state index contributed by atoms with van der Waals surface area (Å²) >= 11 is 0. The zero-order valence-corrected chi connectivity index (χ0v) is 14.2. The second-order valence-electron chi connectivity index (χ2n) is 5.87. The molecule has 7 nitrogen and oxygen atoms in total. The normalized spacial score (nSPS) is 16.3. The first-order valence-electron chi connectivity index (χ1n) is 8.08. The Balaban J connectivity index is 1.98. The third-order valence-corrected chi connectivity index (χ3v) is 4.17. The van der Waals surface area contributed by atoms with Gasteiger partial charge in [0.25, 0.3) is 0 Å². The third-order valence-electron chi connectivity index (χ3n) is 4.17. The van der Waals surface area contributed by atoms with E-state index in [1.807, 2.05) is 6.92 Å². The second-order valence-corrected chi connectivity index (χ2v) is 5.87. The summed E-state index contributed by atoms with van der Waals surface area (Å²) in [7, 11) is 1.56. The van der Waals surface area contributed by atoms with Crippen molar-refractivity contribution in [2.24, 2.45) is 5.73 Å². The van der Waals surface area contributed by atoms with E-state index in [0.29, 0.717) is 44.0 Å². The standard InChI is InChI=1S/C17H25N3O4/c1-3-20(16(22)17(18)7-9-24-10-8-17)12-15(21)19-13-5-4-6-14(11-13)23-2/h4-6,11H,3,7-10,12,18H2,1-2H3,(H,19,21). The van der Waals surface area contributed by atoms with Crippen LogP contribution in [-0.4, -0.2) is 55.7 Å². The topological polar surface area (TPSA) is 93.9 Å². The molecule has 3 N–H and O–H groups in total. The van der Waals surface area contributed by atoms with Crippen molar-refractivity contribution < 1.29 is 19.1 Å². The highest BCUT2D eigenvalue weighted by Gasteiger charge is 2.38. The number of likely N-dealkylation sites (N-methyl/N-ethyl adjacent to an activating group) is 1. The Kier molecular flexibility index (Phi) is 6.16. The first-order chi connectivity index (χ1) is 11.5. The zero-order valence-electron chi connectivity index (χ0n) is 14.2. The Morgan fingerprint density at radius 2 is 2.08 bits per heavy atom. The molecule has 1 aromatic rings. The molecular weight excluding hydrogens is 310 g/mol. The summed E-state index contributed by atoms with van der Waals surface area (Å²) in [5.41, 5.74) is 5.91. The van der Waals surface area contributed by atoms with Crippen molar-refractivity contribution in [1.29, 1.82) is 0 Å². The minimum absolute atomic E-state index is 0.0354. The zero-order chi connectivity index (χ0) is 17.6. The summed E-state index contributed by atoms with van der Waals surface area (Å²) in [6.07, 6.45) is 0.944. The van der Waals surface area contributed by atoms with E-state index in [1.54, 1.807) is 31.4 Å². The first-order valence-corrected chi connectivity index (χ1v) is 8.08. The molecule has 2 amide bonds. The van der Waals surface area contributed by atoms with E-state index in [-0.39, 0.29) is 18.4 Å². The van der Waals surface area contributed by atoms with Gasteiger partial charge < -0.3 is 25.4 Å². The van der Waals surface area contributed by atoms with E-state index in [9.17, 15) is 9.59 Å². The van der Waals surface area contributed by atoms with E-state index < -0.39 is 5.54 Å². The predicted molar refractivity (Wildman–Crippen MR) is 90.8 cm³/mol. The van der Waals surface area contributed by atoms with E-state index in [2.05, 4.69) is 5.32 Å². The summed E-state index contributed by atoms with van der Waals surface area (Å²) in [4.78, 5) is 26.4. The Morgan fingerprint density at radius 1 is 1.38 bits per heavy atom. The number of methoxy groups -OCH3 is 1. The molecule has 1 heterocycles. The summed E-state index contributed by atoms with van der Waals surface area (Å²) < 4.78 is 10.4. The highest BCUT2D eigenvalue weighted by Crippen LogP contribution is 2.21. The fourth-order valence-electron chi connectivity index (χ4n) is 2.67. The van der Waals surface area contributed by atoms with Crippen LogP contribution in [0.2, 0.25) is 0 Å². The summed E-state index contributed by atoms with van der Waals surface area (Å²) in [5.74, 6) is 0.183. The molecular formula is C17H25N3O4. The quantitative estimate of drug-likeness (QED) is 0.808. The Morgan fingerprint density at radius 3 is 2.71 bits per heavy atom. The number of carbonyl (C=O) groups is 2. The van der Waals surface area contributed by atoms with Crippen LogP contribution in [0.15, 0.2) is 24.3 Å². The molecule has 2 rings (SSSR count). The molecule has 1 fully saturated rings. The Hall–Kier alpha value is -2.12. The van der Waals surface area contributed by atoms with Gasteiger partial charge in [-0.2, -0.15) is 0 Å². The first kappa shape index (κ1) is 18.2. The Labute approximate surface area is 142 Å². The second kappa shape index (κ2) is 8.12. The monoisotopic (exact) mass is 335 g/mol. The lowest BCUT2D eigenvalue weighted by Gasteiger charge is -2.36. The van der Waals surface area contributed by atoms with Gasteiger partial charge in [0.2, 0.25) is 11.8 Å². The number of amides is 2. The molecule has 1 saturated heterocycles. The maximum absolute atomic E-state index is 12.7. The fourth-order valence-corrected chi connectivity index (χ4v) is 2.67. The molecule has 0 unspecified atom stereocenters. The molecule has 1 aliphatic heterocycles. The summed E-state index contributed by atoms with van der Waals surface area (Å²) in [6, 6.07) is 7.06. The van der Waals surface area contributed by atoms with Gasteiger partial charge in [-0.15, -0.1) is 0 Å². The lowest BCUT2D eigenvalue weighted by Crippen LogP contribution is -2.59. The van der Waals surface area contributed by atoms with E-state index in [4.69, 9.17) is 15.2 Å². The number of nitrogens with one attached hydrogen (secondary N) is 1. The van der Waals surface area contributed by atoms with Crippen LogP contribution in [0.3, 0.4) is 0 Å². The maximum atomic E-state index is 12.7. The van der Waals surface area contributed by atoms with Crippen LogP contribution in [0, 0.1) is 0 Å². The maximum Gasteiger partial charge on any atom is 0.243 e. The predicted octanol–water partition coefficient (Wildman–Crippen LogP) is 0.990. The van der Waals surface area contributed by atoms with Crippen molar-refractivity contribution in [3.63, 3.8) is 0 Å². The van der Waals surface area contributed by atoms with E-state index in [0.717, 1.165) is 0 Å². The van der Waals surface area contributed by atoms with Gasteiger partial charge in [-0.05, 0) is 31.9 Å². The van der Waals surface area contributed by atoms with Crippen molar-refractivity contribution >= 4 is 17.5 Å². The molecule has 1 aliphatic rings. The lowest BCUT2D eigenvalue weighted by atomic mass is 9.89. The lowest BCUT2D eigenvalue weighted by molar-refractivity contribution is -0.142. The highest BCUT2D eigenvalue weighted by molar-refractivity contribution is 5.96. The van der Waals surface area contributed by atoms with Gasteiger partial charge in [0.1, 0.15) is 5.75 Å². The van der Waals surface area contributed by atoms with Crippen molar-refractivity contribution in [3.8, 4) is 5.75 Å². The van der Waals surface area contributed by atoms with Gasteiger partial charge in [0.05, 0.1) is 19.2 Å². The molecule has 0 bridgehead atoms. The average molecular weight is 335 g/mol.